The van der Waals surface area contributed by atoms with Crippen LogP contribution in [0.2, 0.25) is 0 Å². The molecule has 1 fully saturated rings. The van der Waals surface area contributed by atoms with E-state index in [1.807, 2.05) is 26.1 Å². The van der Waals surface area contributed by atoms with Gasteiger partial charge in [-0.1, -0.05) is 18.2 Å². The fourth-order valence-electron chi connectivity index (χ4n) is 10.0. The molecule has 1 saturated heterocycles. The number of carbonyl (C=O) groups excluding carboxylic acids is 4. The number of hydrogen-bond donors (Lipinski definition) is 1. The highest BCUT2D eigenvalue weighted by Crippen LogP contribution is 2.59. The molecule has 56 heavy (non-hydrogen) atoms. The van der Waals surface area contributed by atoms with Gasteiger partial charge in [0.2, 0.25) is 6.79 Å². The molecule has 5 aliphatic rings. The lowest BCUT2D eigenvalue weighted by Gasteiger charge is -2.60. The first-order valence-corrected chi connectivity index (χ1v) is 18.4. The Labute approximate surface area is 322 Å². The molecule has 4 aromatic rings. The van der Waals surface area contributed by atoms with E-state index in [1.165, 1.54) is 25.9 Å². The monoisotopic (exact) mass is 757 g/mol. The fourth-order valence-corrected chi connectivity index (χ4v) is 10.0. The summed E-state index contributed by atoms with van der Waals surface area (Å²) in [6, 6.07) is 10.2. The van der Waals surface area contributed by atoms with Crippen LogP contribution in [-0.4, -0.2) is 84.1 Å². The average Bonchev–Trinajstić information content (AvgIpc) is 3.64. The van der Waals surface area contributed by atoms with Crippen LogP contribution in [0.3, 0.4) is 0 Å². The van der Waals surface area contributed by atoms with Crippen molar-refractivity contribution in [3.05, 3.63) is 80.9 Å². The molecule has 14 nitrogen and oxygen atoms in total. The van der Waals surface area contributed by atoms with Crippen LogP contribution in [0.4, 0.5) is 5.69 Å². The maximum atomic E-state index is 14.6. The number of benzene rings is 4. The number of imide groups is 1. The van der Waals surface area contributed by atoms with E-state index in [-0.39, 0.29) is 31.5 Å². The molecule has 0 radical (unpaired) electrons. The van der Waals surface area contributed by atoms with Gasteiger partial charge in [-0.25, -0.2) is 0 Å². The molecule has 2 unspecified atom stereocenters. The molecule has 0 spiro atoms. The number of nitrogen functional groups attached to an aromatic ring is 1. The molecule has 5 aliphatic heterocycles. The molecule has 0 aromatic heterocycles. The Morgan fingerprint density at radius 2 is 1.64 bits per heavy atom. The summed E-state index contributed by atoms with van der Waals surface area (Å²) in [5, 5.41) is 12.4. The topological polar surface area (TPSA) is 174 Å². The van der Waals surface area contributed by atoms with Gasteiger partial charge in [0, 0.05) is 71.4 Å². The number of nitriles is 1. The van der Waals surface area contributed by atoms with E-state index in [0.29, 0.717) is 73.7 Å². The second-order valence-corrected chi connectivity index (χ2v) is 15.1. The highest BCUT2D eigenvalue weighted by atomic mass is 16.7. The number of methoxy groups -OCH3 is 1. The molecule has 5 atom stereocenters. The van der Waals surface area contributed by atoms with Gasteiger partial charge in [-0.05, 0) is 68.4 Å². The number of esters is 2. The molecule has 14 heteroatoms. The summed E-state index contributed by atoms with van der Waals surface area (Å²) in [5.41, 5.74) is 11.5. The number of nitrogens with zero attached hydrogens (tertiary/aromatic N) is 4. The Balaban J connectivity index is 1.30. The quantitative estimate of drug-likeness (QED) is 0.129. The number of anilines is 1. The predicted molar refractivity (Wildman–Crippen MR) is 201 cm³/mol. The van der Waals surface area contributed by atoms with E-state index in [9.17, 15) is 24.4 Å². The Hall–Kier alpha value is -6.17. The summed E-state index contributed by atoms with van der Waals surface area (Å²) in [7, 11) is 3.48. The number of hydrogen-bond acceptors (Lipinski definition) is 13. The molecule has 286 valence electrons. The second kappa shape index (κ2) is 12.7. The third kappa shape index (κ3) is 4.93. The first kappa shape index (κ1) is 35.5. The number of carbonyl (C=O) groups is 4. The van der Waals surface area contributed by atoms with Crippen molar-refractivity contribution in [3.8, 4) is 34.8 Å². The van der Waals surface area contributed by atoms with Gasteiger partial charge in [0.05, 0.1) is 30.8 Å². The number of likely N-dealkylation sites (N-methyl/N-ethyl adjacent to an activating group) is 1. The minimum atomic E-state index is -0.849. The molecule has 2 bridgehead atoms. The lowest BCUT2D eigenvalue weighted by molar-refractivity contribution is -0.133. The van der Waals surface area contributed by atoms with Crippen LogP contribution in [0.5, 0.6) is 28.7 Å². The van der Waals surface area contributed by atoms with Crippen LogP contribution in [-0.2, 0) is 22.4 Å². The van der Waals surface area contributed by atoms with E-state index in [0.717, 1.165) is 16.7 Å². The summed E-state index contributed by atoms with van der Waals surface area (Å²) < 4.78 is 30.0. The zero-order valence-electron chi connectivity index (χ0n) is 31.7. The van der Waals surface area contributed by atoms with Crippen molar-refractivity contribution in [3.63, 3.8) is 0 Å². The smallest absolute Gasteiger partial charge is 0.308 e. The van der Waals surface area contributed by atoms with Gasteiger partial charge in [-0.3, -0.25) is 33.9 Å². The van der Waals surface area contributed by atoms with Gasteiger partial charge in [0.1, 0.15) is 11.8 Å². The molecule has 2 N–H and O–H groups in total. The van der Waals surface area contributed by atoms with Crippen molar-refractivity contribution >= 4 is 40.2 Å². The van der Waals surface area contributed by atoms with E-state index in [4.69, 9.17) is 29.4 Å². The normalized spacial score (nSPS) is 23.2. The number of fused-ring (bicyclic) bond motifs is 9. The maximum Gasteiger partial charge on any atom is 0.308 e. The highest BCUT2D eigenvalue weighted by molar-refractivity contribution is 6.26. The number of ether oxygens (including phenoxy) is 5. The van der Waals surface area contributed by atoms with Crippen LogP contribution in [0.1, 0.15) is 80.0 Å². The summed E-state index contributed by atoms with van der Waals surface area (Å²) in [5.74, 6) is -0.293. The lowest BCUT2D eigenvalue weighted by Crippen LogP contribution is -2.69. The van der Waals surface area contributed by atoms with Crippen molar-refractivity contribution < 1.29 is 42.9 Å². The van der Waals surface area contributed by atoms with Gasteiger partial charge < -0.3 is 29.4 Å². The molecular formula is C42H39N5O9. The number of piperazine rings is 1. The van der Waals surface area contributed by atoms with Crippen LogP contribution >= 0.6 is 0 Å². The number of nitrogens with two attached hydrogens (primary N) is 1. The molecule has 5 heterocycles. The summed E-state index contributed by atoms with van der Waals surface area (Å²) in [4.78, 5) is 60.0. The standard InChI is InChI=1S/C42H39N5O9/c1-18-10-23-12-28-30(15-43)47-29(35(45(28)5)33(23)40(36(18)52-6)56-21(4)49)14-26-34(39-38(53-17-54-39)19(2)37(26)55-20(3)48)31(47)16-46-41(50)25-9-7-8-22-11-24(44)13-27(32(22)25)42(46)51/h7-11,13,28-31,35H,12,14,16-17,44H2,1-6H3/t28-,29?,30?,31-,35-/m0/s1. The molecule has 2 amide bonds. The Morgan fingerprint density at radius 1 is 0.929 bits per heavy atom. The van der Waals surface area contributed by atoms with E-state index < -0.39 is 47.9 Å². The first-order valence-electron chi connectivity index (χ1n) is 18.4. The third-order valence-electron chi connectivity index (χ3n) is 12.0. The van der Waals surface area contributed by atoms with Gasteiger partial charge in [-0.15, -0.1) is 0 Å². The average molecular weight is 758 g/mol. The Morgan fingerprint density at radius 3 is 2.36 bits per heavy atom. The highest BCUT2D eigenvalue weighted by Gasteiger charge is 2.58. The van der Waals surface area contributed by atoms with Gasteiger partial charge >= 0.3 is 11.9 Å². The van der Waals surface area contributed by atoms with Crippen molar-refractivity contribution in [2.75, 3.05) is 33.2 Å². The van der Waals surface area contributed by atoms with E-state index in [2.05, 4.69) is 15.9 Å². The van der Waals surface area contributed by atoms with E-state index in [1.54, 1.807) is 31.2 Å². The zero-order chi connectivity index (χ0) is 39.5. The molecular weight excluding hydrogens is 718 g/mol. The first-order chi connectivity index (χ1) is 26.8. The number of rotatable bonds is 5. The van der Waals surface area contributed by atoms with Crippen molar-refractivity contribution in [2.45, 2.75) is 70.7 Å². The summed E-state index contributed by atoms with van der Waals surface area (Å²) in [6.45, 7) is 6.04. The van der Waals surface area contributed by atoms with Gasteiger partial charge in [-0.2, -0.15) is 5.26 Å². The van der Waals surface area contributed by atoms with Crippen LogP contribution in [0.25, 0.3) is 10.8 Å². The maximum absolute atomic E-state index is 14.6. The summed E-state index contributed by atoms with van der Waals surface area (Å²) >= 11 is 0. The Bertz CT molecular complexity index is 2510. The van der Waals surface area contributed by atoms with Crippen LogP contribution in [0, 0.1) is 25.2 Å². The van der Waals surface area contributed by atoms with Crippen molar-refractivity contribution in [2.24, 2.45) is 0 Å². The number of aryl methyl sites for hydroxylation is 1. The minimum Gasteiger partial charge on any atom is -0.493 e. The molecule has 0 saturated carbocycles. The van der Waals surface area contributed by atoms with E-state index >= 15 is 0 Å². The van der Waals surface area contributed by atoms with Crippen LogP contribution < -0.4 is 29.4 Å². The molecule has 0 aliphatic carbocycles. The number of amides is 2. The van der Waals surface area contributed by atoms with Gasteiger partial charge in [0.25, 0.3) is 11.8 Å². The van der Waals surface area contributed by atoms with Crippen molar-refractivity contribution in [1.29, 1.82) is 5.26 Å². The SMILES string of the molecule is COc1c(C)cc2c(c1OC(C)=O)[C@@H]1C3Cc4c(OC(C)=O)c(C)c5c(c4[C@H](CN4C(=O)c6cccc7cc(N)cc(c67)C4=O)N3C(C#N)[C@H](C2)N1C)OCO5. The molecule has 9 rings (SSSR count). The third-order valence-corrected chi connectivity index (χ3v) is 12.0. The Kier molecular flexibility index (Phi) is 8.05. The molecule has 4 aromatic carbocycles. The lowest BCUT2D eigenvalue weighted by atomic mass is 9.71. The van der Waals surface area contributed by atoms with Gasteiger partial charge in [0.15, 0.2) is 23.0 Å². The van der Waals surface area contributed by atoms with Crippen LogP contribution in [0.15, 0.2) is 36.4 Å². The zero-order valence-corrected chi connectivity index (χ0v) is 31.7. The predicted octanol–water partition coefficient (Wildman–Crippen LogP) is 4.69. The second-order valence-electron chi connectivity index (χ2n) is 15.1. The largest absolute Gasteiger partial charge is 0.493 e. The fraction of sp³-hybridized carbons (Fsp3) is 0.357. The minimum absolute atomic E-state index is 0.105. The van der Waals surface area contributed by atoms with Crippen molar-refractivity contribution in [1.82, 2.24) is 14.7 Å². The summed E-state index contributed by atoms with van der Waals surface area (Å²) in [6.07, 6.45) is 0.685.